The number of halogens is 2. The molecule has 1 aliphatic rings. The molecule has 0 aliphatic carbocycles. The van der Waals surface area contributed by atoms with Crippen molar-refractivity contribution in [2.75, 3.05) is 37.6 Å². The number of hydrogen-bond acceptors (Lipinski definition) is 4. The van der Waals surface area contributed by atoms with Gasteiger partial charge in [-0.2, -0.15) is 0 Å². The maximum absolute atomic E-state index is 14.6. The molecule has 6 nitrogen and oxygen atoms in total. The van der Waals surface area contributed by atoms with Gasteiger partial charge in [0, 0.05) is 55.7 Å². The van der Waals surface area contributed by atoms with Gasteiger partial charge in [0.15, 0.2) is 0 Å². The van der Waals surface area contributed by atoms with Gasteiger partial charge >= 0.3 is 0 Å². The van der Waals surface area contributed by atoms with Crippen LogP contribution in [0, 0.1) is 11.7 Å². The largest absolute Gasteiger partial charge is 0.338 e. The second-order valence-electron chi connectivity index (χ2n) is 10.8. The maximum Gasteiger partial charge on any atom is 0.259 e. The molecule has 0 radical (unpaired) electrons. The zero-order valence-corrected chi connectivity index (χ0v) is 24.1. The number of pyridine rings is 1. The van der Waals surface area contributed by atoms with E-state index in [9.17, 15) is 14.0 Å². The molecule has 0 saturated heterocycles. The van der Waals surface area contributed by atoms with E-state index in [1.807, 2.05) is 24.3 Å². The van der Waals surface area contributed by atoms with Gasteiger partial charge in [-0.25, -0.2) is 4.39 Å². The van der Waals surface area contributed by atoms with Crippen molar-refractivity contribution in [1.82, 2.24) is 14.8 Å². The molecule has 0 atom stereocenters. The number of anilines is 1. The summed E-state index contributed by atoms with van der Waals surface area (Å²) in [6.07, 6.45) is 5.59. The van der Waals surface area contributed by atoms with E-state index in [4.69, 9.17) is 11.6 Å². The number of aromatic nitrogens is 1. The number of carbonyl (C=O) groups is 2. The van der Waals surface area contributed by atoms with Crippen LogP contribution in [0.2, 0.25) is 5.02 Å². The summed E-state index contributed by atoms with van der Waals surface area (Å²) in [5.41, 5.74) is 2.63. The van der Waals surface area contributed by atoms with Crippen molar-refractivity contribution < 1.29 is 14.0 Å². The molecule has 4 rings (SSSR count). The van der Waals surface area contributed by atoms with Crippen LogP contribution >= 0.6 is 11.6 Å². The fourth-order valence-electron chi connectivity index (χ4n) is 5.27. The number of nitrogens with zero attached hydrogens (tertiary/aromatic N) is 4. The molecule has 0 N–H and O–H groups in total. The third-order valence-corrected chi connectivity index (χ3v) is 7.52. The molecule has 2 heterocycles. The minimum absolute atomic E-state index is 0.0206. The minimum Gasteiger partial charge on any atom is -0.338 e. The number of rotatable bonds is 6. The zero-order chi connectivity index (χ0) is 28.5. The zero-order valence-electron chi connectivity index (χ0n) is 23.4. The molecule has 1 aliphatic heterocycles. The Labute approximate surface area is 241 Å². The van der Waals surface area contributed by atoms with Gasteiger partial charge in [-0.05, 0) is 85.8 Å². The Balaban J connectivity index is 1.66. The molecule has 0 bridgehead atoms. The van der Waals surface area contributed by atoms with E-state index in [0.717, 1.165) is 38.0 Å². The topological polar surface area (TPSA) is 56.8 Å². The standard InChI is InChI=1S/C32H38ClFN4O2/c1-24(2)22-36-16-6-18-37(31(39)14-11-25-8-3-4-10-29(25)33)23-27-20-28(34)12-13-30(27)38(19-7-17-36)32(40)26-9-5-15-35-21-26/h3-5,8-10,12-13,15,20-21,24H,6-7,11,14,16-19,22-23H2,1-2H3. The fraction of sp³-hybridized carbons (Fsp3) is 0.406. The van der Waals surface area contributed by atoms with E-state index in [0.29, 0.717) is 53.7 Å². The van der Waals surface area contributed by atoms with Crippen LogP contribution in [0.1, 0.15) is 54.6 Å². The van der Waals surface area contributed by atoms with Gasteiger partial charge in [0.05, 0.1) is 5.56 Å². The van der Waals surface area contributed by atoms with Gasteiger partial charge in [0.2, 0.25) is 5.91 Å². The van der Waals surface area contributed by atoms with Crippen molar-refractivity contribution >= 4 is 29.1 Å². The Kier molecular flexibility index (Phi) is 10.7. The van der Waals surface area contributed by atoms with Crippen LogP contribution in [0.4, 0.5) is 10.1 Å². The molecule has 212 valence electrons. The van der Waals surface area contributed by atoms with E-state index < -0.39 is 5.82 Å². The summed E-state index contributed by atoms with van der Waals surface area (Å²) in [4.78, 5) is 37.4. The van der Waals surface area contributed by atoms with Gasteiger partial charge in [0.25, 0.3) is 5.91 Å². The highest BCUT2D eigenvalue weighted by Crippen LogP contribution is 2.27. The Morgan fingerprint density at radius 2 is 1.77 bits per heavy atom. The van der Waals surface area contributed by atoms with Gasteiger partial charge in [-0.15, -0.1) is 0 Å². The van der Waals surface area contributed by atoms with E-state index in [2.05, 4.69) is 23.7 Å². The second kappa shape index (κ2) is 14.4. The first-order chi connectivity index (χ1) is 19.3. The highest BCUT2D eigenvalue weighted by Gasteiger charge is 2.25. The van der Waals surface area contributed by atoms with Crippen molar-refractivity contribution in [3.05, 3.63) is 94.5 Å². The first kappa shape index (κ1) is 29.7. The summed E-state index contributed by atoms with van der Waals surface area (Å²) in [5, 5.41) is 0.644. The third-order valence-electron chi connectivity index (χ3n) is 7.15. The van der Waals surface area contributed by atoms with Crippen LogP contribution in [0.3, 0.4) is 0 Å². The summed E-state index contributed by atoms with van der Waals surface area (Å²) < 4.78 is 14.6. The predicted octanol–water partition coefficient (Wildman–Crippen LogP) is 6.23. The van der Waals surface area contributed by atoms with Crippen LogP contribution in [0.25, 0.3) is 0 Å². The van der Waals surface area contributed by atoms with E-state index in [1.165, 1.54) is 12.1 Å². The Hall–Kier alpha value is -3.29. The van der Waals surface area contributed by atoms with Gasteiger partial charge in [-0.3, -0.25) is 14.6 Å². The Morgan fingerprint density at radius 1 is 1.00 bits per heavy atom. The summed E-state index contributed by atoms with van der Waals surface area (Å²) in [7, 11) is 0. The van der Waals surface area contributed by atoms with Crippen LogP contribution in [0.15, 0.2) is 67.0 Å². The molecule has 2 amide bonds. The molecule has 0 saturated carbocycles. The molecule has 0 fully saturated rings. The average molecular weight is 565 g/mol. The number of amides is 2. The molecular formula is C32H38ClFN4O2. The van der Waals surface area contributed by atoms with Gasteiger partial charge in [0.1, 0.15) is 5.82 Å². The van der Waals surface area contributed by atoms with Crippen molar-refractivity contribution in [3.63, 3.8) is 0 Å². The lowest BCUT2D eigenvalue weighted by Crippen LogP contribution is -2.40. The van der Waals surface area contributed by atoms with Crippen molar-refractivity contribution in [3.8, 4) is 0 Å². The summed E-state index contributed by atoms with van der Waals surface area (Å²) in [6, 6.07) is 15.5. The lowest BCUT2D eigenvalue weighted by Gasteiger charge is -2.32. The number of aryl methyl sites for hydroxylation is 1. The highest BCUT2D eigenvalue weighted by atomic mass is 35.5. The molecule has 1 aromatic heterocycles. The van der Waals surface area contributed by atoms with Crippen LogP contribution in [0.5, 0.6) is 0 Å². The molecule has 40 heavy (non-hydrogen) atoms. The normalized spacial score (nSPS) is 15.3. The van der Waals surface area contributed by atoms with Crippen LogP contribution in [-0.2, 0) is 17.8 Å². The number of fused-ring (bicyclic) bond motifs is 1. The maximum atomic E-state index is 14.6. The first-order valence-corrected chi connectivity index (χ1v) is 14.4. The quantitative estimate of drug-likeness (QED) is 0.356. The monoisotopic (exact) mass is 564 g/mol. The minimum atomic E-state index is -0.397. The molecule has 0 spiro atoms. The SMILES string of the molecule is CC(C)CN1CCCN(C(=O)CCc2ccccc2Cl)Cc2cc(F)ccc2N(C(=O)c2cccnc2)CCC1. The summed E-state index contributed by atoms with van der Waals surface area (Å²) in [5.74, 6) is -0.109. The lowest BCUT2D eigenvalue weighted by molar-refractivity contribution is -0.131. The first-order valence-electron chi connectivity index (χ1n) is 14.1. The molecular weight excluding hydrogens is 527 g/mol. The van der Waals surface area contributed by atoms with Crippen molar-refractivity contribution in [1.29, 1.82) is 0 Å². The fourth-order valence-corrected chi connectivity index (χ4v) is 5.50. The van der Waals surface area contributed by atoms with Crippen LogP contribution in [-0.4, -0.2) is 59.3 Å². The van der Waals surface area contributed by atoms with Gasteiger partial charge in [-0.1, -0.05) is 43.6 Å². The summed E-state index contributed by atoms with van der Waals surface area (Å²) in [6.45, 7) is 8.25. The Morgan fingerprint density at radius 3 is 2.50 bits per heavy atom. The summed E-state index contributed by atoms with van der Waals surface area (Å²) >= 11 is 6.34. The van der Waals surface area contributed by atoms with Gasteiger partial charge < -0.3 is 14.7 Å². The molecule has 2 aromatic carbocycles. The van der Waals surface area contributed by atoms with Crippen molar-refractivity contribution in [2.45, 2.75) is 46.1 Å². The Bertz CT molecular complexity index is 1290. The van der Waals surface area contributed by atoms with E-state index >= 15 is 0 Å². The van der Waals surface area contributed by atoms with Crippen molar-refractivity contribution in [2.24, 2.45) is 5.92 Å². The smallest absolute Gasteiger partial charge is 0.259 e. The number of hydrogen-bond donors (Lipinski definition) is 0. The second-order valence-corrected chi connectivity index (χ2v) is 11.2. The number of benzene rings is 2. The highest BCUT2D eigenvalue weighted by molar-refractivity contribution is 6.31. The van der Waals surface area contributed by atoms with Crippen LogP contribution < -0.4 is 4.90 Å². The average Bonchev–Trinajstić information content (AvgIpc) is 2.93. The third kappa shape index (κ3) is 8.12. The predicted molar refractivity (Wildman–Crippen MR) is 158 cm³/mol. The van der Waals surface area contributed by atoms with E-state index in [-0.39, 0.29) is 18.4 Å². The molecule has 3 aromatic rings. The number of carbonyl (C=O) groups excluding carboxylic acids is 2. The molecule has 8 heteroatoms. The van der Waals surface area contributed by atoms with E-state index in [1.54, 1.807) is 40.4 Å². The lowest BCUT2D eigenvalue weighted by atomic mass is 10.1. The molecule has 0 unspecified atom stereocenters.